The Morgan fingerprint density at radius 3 is 1.83 bits per heavy atom. The lowest BCUT2D eigenvalue weighted by Gasteiger charge is -2.37. The summed E-state index contributed by atoms with van der Waals surface area (Å²) in [5.41, 5.74) is 0. The van der Waals surface area contributed by atoms with Crippen molar-refractivity contribution >= 4 is 26.2 Å². The largest absolute Gasteiger partial charge is 0.460 e. The van der Waals surface area contributed by atoms with Gasteiger partial charge in [0.15, 0.2) is 0 Å². The first-order chi connectivity index (χ1) is 12.9. The van der Waals surface area contributed by atoms with Gasteiger partial charge in [0.25, 0.3) is 0 Å². The maximum Gasteiger partial charge on any atom is 0.460 e. The Morgan fingerprint density at radius 1 is 0.931 bits per heavy atom. The summed E-state index contributed by atoms with van der Waals surface area (Å²) in [5.74, 6) is -16.5. The number of halogens is 9. The maximum atomic E-state index is 13.9. The fraction of sp³-hybridized carbons (Fsp3) is 0.929. The monoisotopic (exact) mass is 486 g/mol. The molecule has 29 heavy (non-hydrogen) atoms. The average molecular weight is 486 g/mol. The summed E-state index contributed by atoms with van der Waals surface area (Å²) in [5, 5.41) is -6.89. The van der Waals surface area contributed by atoms with Gasteiger partial charge in [0.05, 0.1) is 5.75 Å². The molecule has 1 fully saturated rings. The summed E-state index contributed by atoms with van der Waals surface area (Å²) < 4.78 is 145. The van der Waals surface area contributed by atoms with Crippen molar-refractivity contribution in [1.82, 2.24) is 0 Å². The van der Waals surface area contributed by atoms with Crippen LogP contribution < -0.4 is 0 Å². The summed E-state index contributed by atoms with van der Waals surface area (Å²) in [4.78, 5) is 11.9. The van der Waals surface area contributed by atoms with Gasteiger partial charge < -0.3 is 0 Å². The number of hydrogen-bond donors (Lipinski definition) is 0. The van der Waals surface area contributed by atoms with Crippen LogP contribution in [-0.2, 0) is 18.5 Å². The van der Waals surface area contributed by atoms with Gasteiger partial charge in [0.2, 0.25) is 0 Å². The number of carbonyl (C=O) groups excluding carboxylic acids is 1. The number of rotatable bonds is 10. The summed E-state index contributed by atoms with van der Waals surface area (Å²) in [6.07, 6.45) is -5.92. The Bertz CT molecular complexity index is 698. The Labute approximate surface area is 162 Å². The van der Waals surface area contributed by atoms with Gasteiger partial charge in [-0.05, 0) is 19.3 Å². The molecule has 1 rings (SSSR count). The van der Waals surface area contributed by atoms with Crippen LogP contribution in [0.1, 0.15) is 39.0 Å². The van der Waals surface area contributed by atoms with E-state index in [1.165, 1.54) is 0 Å². The van der Waals surface area contributed by atoms with E-state index in [0.717, 1.165) is 0 Å². The summed E-state index contributed by atoms with van der Waals surface area (Å²) in [6.45, 7) is 1.72. The number of ketones is 1. The number of alkyl halides is 9. The first kappa shape index (κ1) is 26.3. The van der Waals surface area contributed by atoms with Crippen molar-refractivity contribution in [2.24, 2.45) is 0 Å². The van der Waals surface area contributed by atoms with Crippen LogP contribution in [0.4, 0.5) is 39.5 Å². The van der Waals surface area contributed by atoms with E-state index in [4.69, 9.17) is 0 Å². The number of unbranched alkanes of at least 4 members (excludes halogenated alkanes) is 1. The van der Waals surface area contributed by atoms with Gasteiger partial charge in [-0.3, -0.25) is 4.79 Å². The van der Waals surface area contributed by atoms with Gasteiger partial charge in [-0.1, -0.05) is 13.3 Å². The highest BCUT2D eigenvalue weighted by Crippen LogP contribution is 2.61. The van der Waals surface area contributed by atoms with E-state index in [9.17, 15) is 52.7 Å². The fourth-order valence-corrected chi connectivity index (χ4v) is 8.28. The molecule has 0 aromatic heterocycles. The second-order valence-corrected chi connectivity index (χ2v) is 11.6. The second kappa shape index (κ2) is 8.44. The SMILES string of the molecule is CCCCC(=O)CS1(OS(=O)(=O)C(F)(F)C(F)(F)C(F)(F)C(F)(F)F)CCCC1. The normalized spacial score (nSPS) is 19.9. The lowest BCUT2D eigenvalue weighted by Crippen LogP contribution is -2.63. The van der Waals surface area contributed by atoms with Gasteiger partial charge in [-0.25, -0.2) is 3.63 Å². The first-order valence-electron chi connectivity index (χ1n) is 8.31. The molecule has 0 N–H and O–H groups in total. The van der Waals surface area contributed by atoms with Crippen LogP contribution in [0.2, 0.25) is 0 Å². The van der Waals surface area contributed by atoms with Gasteiger partial charge >= 0.3 is 33.4 Å². The molecule has 0 bridgehead atoms. The molecule has 15 heteroatoms. The third-order valence-electron chi connectivity index (χ3n) is 4.18. The average Bonchev–Trinajstić information content (AvgIpc) is 2.98. The Balaban J connectivity index is 3.25. The quantitative estimate of drug-likeness (QED) is 0.407. The van der Waals surface area contributed by atoms with Crippen LogP contribution in [0.3, 0.4) is 0 Å². The molecule has 0 amide bonds. The van der Waals surface area contributed by atoms with Gasteiger partial charge in [-0.2, -0.15) is 47.9 Å². The standard InChI is InChI=1S/C14H19F9O4S2/c1-2-3-6-10(24)9-28(7-4-5-8-28)27-29(25,26)14(22,23)12(17,18)11(15,16)13(19,20)21/h2-9H2,1H3. The van der Waals surface area contributed by atoms with Crippen molar-refractivity contribution in [1.29, 1.82) is 0 Å². The summed E-state index contributed by atoms with van der Waals surface area (Å²) in [6, 6.07) is 0. The Kier molecular flexibility index (Phi) is 7.66. The van der Waals surface area contributed by atoms with Gasteiger partial charge in [-0.15, -0.1) is 10.3 Å². The molecule has 0 radical (unpaired) electrons. The van der Waals surface area contributed by atoms with E-state index in [2.05, 4.69) is 3.63 Å². The van der Waals surface area contributed by atoms with E-state index in [-0.39, 0.29) is 30.8 Å². The minimum atomic E-state index is -7.35. The summed E-state index contributed by atoms with van der Waals surface area (Å²) in [7, 11) is -10.2. The second-order valence-electron chi connectivity index (χ2n) is 6.55. The number of Topliss-reactive ketones (excluding diaryl/α,β-unsaturated/α-hetero) is 1. The maximum absolute atomic E-state index is 13.9. The smallest absolute Gasteiger partial charge is 0.299 e. The highest BCUT2D eigenvalue weighted by Gasteiger charge is 2.86. The van der Waals surface area contributed by atoms with Crippen molar-refractivity contribution in [3.8, 4) is 0 Å². The van der Waals surface area contributed by atoms with Crippen LogP contribution in [0.25, 0.3) is 0 Å². The van der Waals surface area contributed by atoms with Crippen molar-refractivity contribution in [2.45, 2.75) is 62.3 Å². The molecular formula is C14H19F9O4S2. The lowest BCUT2D eigenvalue weighted by atomic mass is 10.1. The van der Waals surface area contributed by atoms with E-state index in [0.29, 0.717) is 12.8 Å². The molecule has 4 nitrogen and oxygen atoms in total. The van der Waals surface area contributed by atoms with Crippen LogP contribution in [0, 0.1) is 0 Å². The van der Waals surface area contributed by atoms with Crippen molar-refractivity contribution < 1.29 is 56.4 Å². The van der Waals surface area contributed by atoms with Crippen LogP contribution in [0.5, 0.6) is 0 Å². The highest BCUT2D eigenvalue weighted by molar-refractivity contribution is 8.33. The lowest BCUT2D eigenvalue weighted by molar-refractivity contribution is -0.382. The third-order valence-corrected chi connectivity index (χ3v) is 9.85. The molecule has 0 aliphatic carbocycles. The highest BCUT2D eigenvalue weighted by atomic mass is 32.3. The molecule has 174 valence electrons. The summed E-state index contributed by atoms with van der Waals surface area (Å²) >= 11 is 0. The third kappa shape index (κ3) is 4.97. The minimum absolute atomic E-state index is 0.0760. The van der Waals surface area contributed by atoms with Crippen LogP contribution >= 0.6 is 10.3 Å². The molecule has 0 aromatic rings. The van der Waals surface area contributed by atoms with E-state index >= 15 is 0 Å². The molecule has 0 spiro atoms. The van der Waals surface area contributed by atoms with Crippen molar-refractivity contribution in [2.75, 3.05) is 17.3 Å². The molecule has 1 aliphatic heterocycles. The van der Waals surface area contributed by atoms with E-state index in [1.54, 1.807) is 6.92 Å². The number of hydrogen-bond acceptors (Lipinski definition) is 4. The molecule has 0 saturated carbocycles. The van der Waals surface area contributed by atoms with Gasteiger partial charge in [0.1, 0.15) is 5.78 Å². The first-order valence-corrected chi connectivity index (χ1v) is 11.8. The van der Waals surface area contributed by atoms with E-state index < -0.39 is 55.2 Å². The van der Waals surface area contributed by atoms with Gasteiger partial charge in [0, 0.05) is 17.9 Å². The molecule has 0 unspecified atom stereocenters. The zero-order valence-corrected chi connectivity index (χ0v) is 16.6. The van der Waals surface area contributed by atoms with Crippen LogP contribution in [0.15, 0.2) is 0 Å². The molecular weight excluding hydrogens is 467 g/mol. The zero-order valence-electron chi connectivity index (χ0n) is 15.0. The molecule has 1 saturated heterocycles. The minimum Gasteiger partial charge on any atom is -0.299 e. The predicted molar refractivity (Wildman–Crippen MR) is 86.9 cm³/mol. The fourth-order valence-electron chi connectivity index (χ4n) is 2.56. The molecule has 1 heterocycles. The molecule has 1 aliphatic rings. The van der Waals surface area contributed by atoms with Crippen LogP contribution in [-0.4, -0.2) is 54.7 Å². The Hall–Kier alpha value is -0.700. The Morgan fingerprint density at radius 2 is 1.41 bits per heavy atom. The predicted octanol–water partition coefficient (Wildman–Crippen LogP) is 5.03. The topological polar surface area (TPSA) is 60.4 Å². The number of carbonyl (C=O) groups is 1. The van der Waals surface area contributed by atoms with Crippen molar-refractivity contribution in [3.05, 3.63) is 0 Å². The molecule has 0 aromatic carbocycles. The zero-order chi connectivity index (χ0) is 22.9. The molecule has 0 atom stereocenters. The van der Waals surface area contributed by atoms with E-state index in [1.807, 2.05) is 0 Å². The van der Waals surface area contributed by atoms with Crippen molar-refractivity contribution in [3.63, 3.8) is 0 Å².